The lowest BCUT2D eigenvalue weighted by Crippen LogP contribution is -2.37. The van der Waals surface area contributed by atoms with Crippen molar-refractivity contribution in [3.05, 3.63) is 64.5 Å². The molecule has 0 aliphatic heterocycles. The second-order valence-electron chi connectivity index (χ2n) is 8.27. The number of thiocarbonyl (C=S) groups is 1. The normalized spacial score (nSPS) is 10.6. The van der Waals surface area contributed by atoms with Gasteiger partial charge in [0, 0.05) is 10.9 Å². The average Bonchev–Trinajstić information content (AvgIpc) is 3.26. The number of aryl methyl sites for hydroxylation is 1. The topological polar surface area (TPSA) is 85.9 Å². The summed E-state index contributed by atoms with van der Waals surface area (Å²) in [6.45, 7) is 8.05. The number of nitrogens with one attached hydrogen (secondary N) is 2. The van der Waals surface area contributed by atoms with Crippen molar-refractivity contribution in [2.75, 3.05) is 25.6 Å². The fraction of sp³-hybridized carbons (Fsp3) is 0.296. The molecule has 0 radical (unpaired) electrons. The number of rotatable bonds is 9. The molecule has 1 aromatic heterocycles. The molecule has 0 bridgehead atoms. The minimum Gasteiger partial charge on any atom is -0.497 e. The minimum absolute atomic E-state index is 0.0589. The quantitative estimate of drug-likeness (QED) is 0.264. The summed E-state index contributed by atoms with van der Waals surface area (Å²) in [4.78, 5) is 25.2. The number of carbonyl (C=O) groups excluding carboxylic acids is 2. The first-order chi connectivity index (χ1) is 17.2. The molecule has 0 unspecified atom stereocenters. The third-order valence-electron chi connectivity index (χ3n) is 5.38. The molecule has 0 atom stereocenters. The summed E-state index contributed by atoms with van der Waals surface area (Å²) in [5.41, 5.74) is 4.21. The van der Waals surface area contributed by atoms with Gasteiger partial charge in [-0.1, -0.05) is 32.0 Å². The predicted octanol–water partition coefficient (Wildman–Crippen LogP) is 5.92. The fourth-order valence-corrected chi connectivity index (χ4v) is 4.91. The summed E-state index contributed by atoms with van der Waals surface area (Å²) in [7, 11) is 1.59. The van der Waals surface area contributed by atoms with Crippen molar-refractivity contribution >= 4 is 45.5 Å². The summed E-state index contributed by atoms with van der Waals surface area (Å²) in [6.07, 6.45) is 0. The molecule has 0 aliphatic carbocycles. The Morgan fingerprint density at radius 2 is 1.78 bits per heavy atom. The zero-order valence-corrected chi connectivity index (χ0v) is 22.6. The van der Waals surface area contributed by atoms with E-state index in [4.69, 9.17) is 26.4 Å². The van der Waals surface area contributed by atoms with E-state index in [9.17, 15) is 9.59 Å². The standard InChI is InChI=1S/C27H30N2O5S2/c1-6-33-26(31)24-22(18-7-9-19(32-5)10-8-18)15-36-25(24)29-27(35)28-23(30)14-34-20-11-12-21(16(2)3)17(4)13-20/h7-13,15-16H,6,14H2,1-5H3,(H2,28,29,30,35). The molecule has 0 spiro atoms. The lowest BCUT2D eigenvalue weighted by molar-refractivity contribution is -0.121. The molecule has 36 heavy (non-hydrogen) atoms. The molecule has 2 N–H and O–H groups in total. The van der Waals surface area contributed by atoms with Crippen LogP contribution in [0.3, 0.4) is 0 Å². The highest BCUT2D eigenvalue weighted by Crippen LogP contribution is 2.37. The number of benzene rings is 2. The number of thiophene rings is 1. The van der Waals surface area contributed by atoms with Crippen LogP contribution in [0.2, 0.25) is 0 Å². The first kappa shape index (κ1) is 27.2. The molecule has 2 aromatic carbocycles. The van der Waals surface area contributed by atoms with Crippen LogP contribution >= 0.6 is 23.6 Å². The smallest absolute Gasteiger partial charge is 0.341 e. The van der Waals surface area contributed by atoms with E-state index in [1.807, 2.05) is 54.8 Å². The van der Waals surface area contributed by atoms with E-state index in [1.165, 1.54) is 16.9 Å². The van der Waals surface area contributed by atoms with Gasteiger partial charge in [-0.3, -0.25) is 10.1 Å². The molecule has 3 rings (SSSR count). The van der Waals surface area contributed by atoms with Crippen LogP contribution in [0, 0.1) is 6.92 Å². The minimum atomic E-state index is -0.482. The average molecular weight is 527 g/mol. The predicted molar refractivity (Wildman–Crippen MR) is 147 cm³/mol. The van der Waals surface area contributed by atoms with Crippen molar-refractivity contribution in [3.63, 3.8) is 0 Å². The van der Waals surface area contributed by atoms with Crippen LogP contribution in [0.1, 0.15) is 48.2 Å². The summed E-state index contributed by atoms with van der Waals surface area (Å²) in [5.74, 6) is 0.834. The Morgan fingerprint density at radius 3 is 2.39 bits per heavy atom. The molecule has 3 aromatic rings. The molecule has 1 heterocycles. The molecular weight excluding hydrogens is 496 g/mol. The van der Waals surface area contributed by atoms with Gasteiger partial charge in [0.25, 0.3) is 5.91 Å². The number of carbonyl (C=O) groups is 2. The van der Waals surface area contributed by atoms with Crippen LogP contribution in [0.15, 0.2) is 47.8 Å². The van der Waals surface area contributed by atoms with Crippen LogP contribution in [-0.2, 0) is 9.53 Å². The van der Waals surface area contributed by atoms with Crippen LogP contribution in [0.4, 0.5) is 5.00 Å². The van der Waals surface area contributed by atoms with Gasteiger partial charge in [-0.15, -0.1) is 11.3 Å². The van der Waals surface area contributed by atoms with Crippen LogP contribution in [0.5, 0.6) is 11.5 Å². The number of hydrogen-bond acceptors (Lipinski definition) is 7. The third-order valence-corrected chi connectivity index (χ3v) is 6.48. The Balaban J connectivity index is 1.67. The van der Waals surface area contributed by atoms with Crippen LogP contribution < -0.4 is 20.1 Å². The van der Waals surface area contributed by atoms with Crippen molar-refractivity contribution in [2.45, 2.75) is 33.6 Å². The van der Waals surface area contributed by atoms with E-state index in [2.05, 4.69) is 24.5 Å². The summed E-state index contributed by atoms with van der Waals surface area (Å²) < 4.78 is 16.1. The van der Waals surface area contributed by atoms with Gasteiger partial charge in [0.15, 0.2) is 11.7 Å². The van der Waals surface area contributed by atoms with Crippen LogP contribution in [-0.4, -0.2) is 37.3 Å². The first-order valence-electron chi connectivity index (χ1n) is 11.5. The Hall–Kier alpha value is -3.43. The van der Waals surface area contributed by atoms with Gasteiger partial charge in [-0.05, 0) is 72.9 Å². The van der Waals surface area contributed by atoms with E-state index in [-0.39, 0.29) is 18.3 Å². The van der Waals surface area contributed by atoms with Gasteiger partial charge < -0.3 is 19.5 Å². The number of hydrogen-bond donors (Lipinski definition) is 2. The molecule has 7 nitrogen and oxygen atoms in total. The van der Waals surface area contributed by atoms with Gasteiger partial charge in [0.2, 0.25) is 0 Å². The maximum atomic E-state index is 12.8. The zero-order valence-electron chi connectivity index (χ0n) is 21.0. The molecule has 9 heteroatoms. The Bertz CT molecular complexity index is 1240. The second-order valence-corrected chi connectivity index (χ2v) is 9.55. The van der Waals surface area contributed by atoms with Crippen molar-refractivity contribution in [3.8, 4) is 22.6 Å². The van der Waals surface area contributed by atoms with Gasteiger partial charge in [0.05, 0.1) is 13.7 Å². The van der Waals surface area contributed by atoms with E-state index in [1.54, 1.807) is 14.0 Å². The van der Waals surface area contributed by atoms with Crippen molar-refractivity contribution in [1.29, 1.82) is 0 Å². The SMILES string of the molecule is CCOC(=O)c1c(-c2ccc(OC)cc2)csc1NC(=S)NC(=O)COc1ccc(C(C)C)c(C)c1. The molecular formula is C27H30N2O5S2. The Morgan fingerprint density at radius 1 is 1.08 bits per heavy atom. The monoisotopic (exact) mass is 526 g/mol. The summed E-state index contributed by atoms with van der Waals surface area (Å²) in [5, 5.41) is 7.93. The first-order valence-corrected chi connectivity index (χ1v) is 12.8. The number of ether oxygens (including phenoxy) is 3. The molecule has 0 fully saturated rings. The van der Waals surface area contributed by atoms with Crippen molar-refractivity contribution < 1.29 is 23.8 Å². The van der Waals surface area contributed by atoms with Gasteiger partial charge in [-0.2, -0.15) is 0 Å². The number of esters is 1. The van der Waals surface area contributed by atoms with E-state index in [0.717, 1.165) is 11.1 Å². The maximum Gasteiger partial charge on any atom is 0.341 e. The second kappa shape index (κ2) is 12.5. The third kappa shape index (κ3) is 6.83. The molecule has 190 valence electrons. The lowest BCUT2D eigenvalue weighted by atomic mass is 9.98. The van der Waals surface area contributed by atoms with Crippen LogP contribution in [0.25, 0.3) is 11.1 Å². The van der Waals surface area contributed by atoms with Crippen molar-refractivity contribution in [1.82, 2.24) is 5.32 Å². The number of amides is 1. The molecule has 1 amide bonds. The Labute approximate surface area is 220 Å². The lowest BCUT2D eigenvalue weighted by Gasteiger charge is -2.13. The van der Waals surface area contributed by atoms with E-state index < -0.39 is 11.9 Å². The van der Waals surface area contributed by atoms with Gasteiger partial charge >= 0.3 is 5.97 Å². The summed E-state index contributed by atoms with van der Waals surface area (Å²) >= 11 is 6.61. The molecule has 0 saturated carbocycles. The van der Waals surface area contributed by atoms with E-state index in [0.29, 0.717) is 33.5 Å². The Kier molecular flexibility index (Phi) is 9.44. The summed E-state index contributed by atoms with van der Waals surface area (Å²) in [6, 6.07) is 13.1. The number of methoxy groups -OCH3 is 1. The molecule has 0 saturated heterocycles. The van der Waals surface area contributed by atoms with Crippen molar-refractivity contribution in [2.24, 2.45) is 0 Å². The fourth-order valence-electron chi connectivity index (χ4n) is 3.67. The highest BCUT2D eigenvalue weighted by molar-refractivity contribution is 7.80. The number of anilines is 1. The zero-order chi connectivity index (χ0) is 26.2. The highest BCUT2D eigenvalue weighted by atomic mass is 32.1. The van der Waals surface area contributed by atoms with Gasteiger partial charge in [-0.25, -0.2) is 4.79 Å². The molecule has 0 aliphatic rings. The maximum absolute atomic E-state index is 12.8. The van der Waals surface area contributed by atoms with Gasteiger partial charge in [0.1, 0.15) is 22.1 Å². The highest BCUT2D eigenvalue weighted by Gasteiger charge is 2.22. The van der Waals surface area contributed by atoms with E-state index >= 15 is 0 Å². The largest absolute Gasteiger partial charge is 0.497 e.